The van der Waals surface area contributed by atoms with Gasteiger partial charge in [0, 0.05) is 30.3 Å². The molecular weight excluding hydrogens is 226 g/mol. The number of anilines is 1. The molecule has 0 saturated carbocycles. The number of halogens is 1. The van der Waals surface area contributed by atoms with Crippen LogP contribution in [0.2, 0.25) is 0 Å². The Morgan fingerprint density at radius 1 is 1.25 bits per heavy atom. The molecule has 0 radical (unpaired) electrons. The Hall–Kier alpha value is -1.35. The Morgan fingerprint density at radius 2 is 2.06 bits per heavy atom. The normalized spacial score (nSPS) is 14.8. The second-order valence-corrected chi connectivity index (χ2v) is 3.71. The molecule has 0 saturated heterocycles. The van der Waals surface area contributed by atoms with Crippen molar-refractivity contribution in [3.63, 3.8) is 0 Å². The third-order valence-electron chi connectivity index (χ3n) is 2.26. The van der Waals surface area contributed by atoms with E-state index in [1.807, 2.05) is 24.3 Å². The van der Waals surface area contributed by atoms with Crippen LogP contribution in [0, 0.1) is 0 Å². The maximum absolute atomic E-state index is 5.59. The van der Waals surface area contributed by atoms with Gasteiger partial charge in [-0.15, -0.1) is 0 Å². The molecule has 0 atom stereocenters. The summed E-state index contributed by atoms with van der Waals surface area (Å²) in [4.78, 5) is 0. The van der Waals surface area contributed by atoms with Crippen LogP contribution in [0.1, 0.15) is 6.42 Å². The van der Waals surface area contributed by atoms with E-state index in [1.165, 1.54) is 5.54 Å². The van der Waals surface area contributed by atoms with Crippen molar-refractivity contribution in [3.8, 4) is 11.5 Å². The van der Waals surface area contributed by atoms with Gasteiger partial charge in [-0.3, -0.25) is 0 Å². The van der Waals surface area contributed by atoms with Crippen molar-refractivity contribution in [2.24, 2.45) is 0 Å². The molecule has 3 nitrogen and oxygen atoms in total. The molecule has 0 aromatic heterocycles. The predicted molar refractivity (Wildman–Crippen MR) is 65.5 cm³/mol. The molecule has 86 valence electrons. The van der Waals surface area contributed by atoms with Gasteiger partial charge in [-0.2, -0.15) is 0 Å². The van der Waals surface area contributed by atoms with E-state index >= 15 is 0 Å². The lowest BCUT2D eigenvalue weighted by Crippen LogP contribution is -1.99. The van der Waals surface area contributed by atoms with Gasteiger partial charge in [-0.05, 0) is 12.1 Å². The lowest BCUT2D eigenvalue weighted by molar-refractivity contribution is 0.297. The highest BCUT2D eigenvalue weighted by atomic mass is 35.5. The first-order valence-corrected chi connectivity index (χ1v) is 5.72. The maximum Gasteiger partial charge on any atom is 0.163 e. The molecule has 4 heteroatoms. The van der Waals surface area contributed by atoms with Crippen LogP contribution in [0.5, 0.6) is 11.5 Å². The molecule has 1 aromatic carbocycles. The summed E-state index contributed by atoms with van der Waals surface area (Å²) in [6.07, 6.45) is 2.76. The molecule has 0 unspecified atom stereocenters. The molecule has 16 heavy (non-hydrogen) atoms. The molecule has 1 N–H and O–H groups in total. The molecule has 0 bridgehead atoms. The first-order chi connectivity index (χ1) is 7.90. The lowest BCUT2D eigenvalue weighted by Gasteiger charge is -2.09. The van der Waals surface area contributed by atoms with Gasteiger partial charge < -0.3 is 14.8 Å². The largest absolute Gasteiger partial charge is 0.490 e. The molecule has 0 aliphatic carbocycles. The lowest BCUT2D eigenvalue weighted by atomic mass is 10.2. The molecule has 1 aliphatic rings. The predicted octanol–water partition coefficient (Wildman–Crippen LogP) is 3.01. The van der Waals surface area contributed by atoms with E-state index < -0.39 is 0 Å². The minimum Gasteiger partial charge on any atom is -0.490 e. The van der Waals surface area contributed by atoms with E-state index in [0.29, 0.717) is 13.2 Å². The van der Waals surface area contributed by atoms with Gasteiger partial charge in [-0.1, -0.05) is 17.7 Å². The van der Waals surface area contributed by atoms with Crippen molar-refractivity contribution in [2.75, 3.05) is 25.1 Å². The third kappa shape index (κ3) is 2.83. The zero-order valence-corrected chi connectivity index (χ0v) is 9.67. The topological polar surface area (TPSA) is 30.5 Å². The monoisotopic (exact) mass is 239 g/mol. The molecule has 0 spiro atoms. The van der Waals surface area contributed by atoms with Crippen LogP contribution < -0.4 is 14.8 Å². The van der Waals surface area contributed by atoms with Crippen LogP contribution in [0.25, 0.3) is 0 Å². The van der Waals surface area contributed by atoms with Gasteiger partial charge >= 0.3 is 0 Å². The van der Waals surface area contributed by atoms with Crippen LogP contribution in [0.4, 0.5) is 5.69 Å². The first-order valence-electron chi connectivity index (χ1n) is 5.29. The van der Waals surface area contributed by atoms with Gasteiger partial charge in [0.25, 0.3) is 0 Å². The second kappa shape index (κ2) is 5.66. The molecule has 1 heterocycles. The summed E-state index contributed by atoms with van der Waals surface area (Å²) < 4.78 is 11.1. The van der Waals surface area contributed by atoms with Crippen LogP contribution in [0.15, 0.2) is 29.8 Å². The van der Waals surface area contributed by atoms with E-state index in [2.05, 4.69) is 5.32 Å². The summed E-state index contributed by atoms with van der Waals surface area (Å²) in [5.74, 6) is 1.62. The SMILES string of the molecule is Cl/C=C/CNc1ccc2c(c1)OCCCO2. The Labute approximate surface area is 100 Å². The fourth-order valence-corrected chi connectivity index (χ4v) is 1.58. The summed E-state index contributed by atoms with van der Waals surface area (Å²) in [5.41, 5.74) is 2.50. The minimum absolute atomic E-state index is 0.698. The highest BCUT2D eigenvalue weighted by Crippen LogP contribution is 2.32. The van der Waals surface area contributed by atoms with Crippen LogP contribution in [-0.4, -0.2) is 19.8 Å². The number of hydrogen-bond acceptors (Lipinski definition) is 3. The highest BCUT2D eigenvalue weighted by Gasteiger charge is 2.09. The van der Waals surface area contributed by atoms with Crippen molar-refractivity contribution in [1.82, 2.24) is 0 Å². The Balaban J connectivity index is 2.08. The maximum atomic E-state index is 5.59. The van der Waals surface area contributed by atoms with E-state index in [4.69, 9.17) is 21.1 Å². The number of ether oxygens (including phenoxy) is 2. The highest BCUT2D eigenvalue weighted by molar-refractivity contribution is 6.25. The summed E-state index contributed by atoms with van der Waals surface area (Å²) in [5, 5.41) is 3.21. The Morgan fingerprint density at radius 3 is 2.88 bits per heavy atom. The van der Waals surface area contributed by atoms with Gasteiger partial charge in [0.05, 0.1) is 13.2 Å². The van der Waals surface area contributed by atoms with Gasteiger partial charge in [-0.25, -0.2) is 0 Å². The van der Waals surface area contributed by atoms with Crippen molar-refractivity contribution < 1.29 is 9.47 Å². The summed E-state index contributed by atoms with van der Waals surface area (Å²) in [6, 6.07) is 5.84. The second-order valence-electron chi connectivity index (χ2n) is 3.45. The number of rotatable bonds is 3. The molecule has 1 aliphatic heterocycles. The van der Waals surface area contributed by atoms with Crippen LogP contribution in [-0.2, 0) is 0 Å². The number of benzene rings is 1. The van der Waals surface area contributed by atoms with E-state index in [1.54, 1.807) is 0 Å². The summed E-state index contributed by atoms with van der Waals surface area (Å²) in [7, 11) is 0. The molecule has 0 fully saturated rings. The van der Waals surface area contributed by atoms with Gasteiger partial charge in [0.1, 0.15) is 0 Å². The van der Waals surface area contributed by atoms with Crippen LogP contribution in [0.3, 0.4) is 0 Å². The zero-order valence-electron chi connectivity index (χ0n) is 8.91. The van der Waals surface area contributed by atoms with Crippen LogP contribution >= 0.6 is 11.6 Å². The third-order valence-corrected chi connectivity index (χ3v) is 2.44. The molecule has 1 aromatic rings. The van der Waals surface area contributed by atoms with E-state index in [-0.39, 0.29) is 0 Å². The van der Waals surface area contributed by atoms with Crippen molar-refractivity contribution >= 4 is 17.3 Å². The Bertz CT molecular complexity index is 379. The molecule has 2 rings (SSSR count). The first kappa shape index (κ1) is 11.1. The van der Waals surface area contributed by atoms with Gasteiger partial charge in [0.2, 0.25) is 0 Å². The fourth-order valence-electron chi connectivity index (χ4n) is 1.49. The number of fused-ring (bicyclic) bond motifs is 1. The Kier molecular flexibility index (Phi) is 3.94. The van der Waals surface area contributed by atoms with Crippen molar-refractivity contribution in [1.29, 1.82) is 0 Å². The number of hydrogen-bond donors (Lipinski definition) is 1. The van der Waals surface area contributed by atoms with E-state index in [9.17, 15) is 0 Å². The smallest absolute Gasteiger partial charge is 0.163 e. The fraction of sp³-hybridized carbons (Fsp3) is 0.333. The average Bonchev–Trinajstić information content (AvgIpc) is 2.54. The van der Waals surface area contributed by atoms with E-state index in [0.717, 1.165) is 30.2 Å². The van der Waals surface area contributed by atoms with Crippen molar-refractivity contribution in [3.05, 3.63) is 29.8 Å². The quantitative estimate of drug-likeness (QED) is 0.880. The minimum atomic E-state index is 0.698. The average molecular weight is 240 g/mol. The standard InChI is InChI=1S/C12H14ClNO2/c13-5-1-6-14-10-3-4-11-12(9-10)16-8-2-7-15-11/h1,3-5,9,14H,2,6-8H2/b5-1+. The number of nitrogens with one attached hydrogen (secondary N) is 1. The summed E-state index contributed by atoms with van der Waals surface area (Å²) >= 11 is 5.44. The molecule has 0 amide bonds. The summed E-state index contributed by atoms with van der Waals surface area (Å²) in [6.45, 7) is 2.12. The van der Waals surface area contributed by atoms with Gasteiger partial charge in [0.15, 0.2) is 11.5 Å². The molecular formula is C12H14ClNO2. The van der Waals surface area contributed by atoms with Crippen molar-refractivity contribution in [2.45, 2.75) is 6.42 Å². The zero-order chi connectivity index (χ0) is 11.2.